The molecule has 5 heteroatoms. The first-order valence-corrected chi connectivity index (χ1v) is 6.23. The van der Waals surface area contributed by atoms with E-state index in [1.807, 2.05) is 0 Å². The van der Waals surface area contributed by atoms with Crippen LogP contribution in [0.5, 0.6) is 5.75 Å². The van der Waals surface area contributed by atoms with Gasteiger partial charge < -0.3 is 15.6 Å². The van der Waals surface area contributed by atoms with Gasteiger partial charge in [-0.05, 0) is 24.5 Å². The number of carboxylic acid groups (broad SMARTS) is 1. The second-order valence-electron chi connectivity index (χ2n) is 4.82. The number of nitrogen functional groups attached to an aromatic ring is 1. The van der Waals surface area contributed by atoms with E-state index in [1.165, 1.54) is 18.2 Å². The van der Waals surface area contributed by atoms with E-state index in [0.29, 0.717) is 11.6 Å². The zero-order chi connectivity index (χ0) is 14.4. The molecule has 0 atom stereocenters. The van der Waals surface area contributed by atoms with Crippen LogP contribution in [0.1, 0.15) is 43.5 Å². The summed E-state index contributed by atoms with van der Waals surface area (Å²) in [5.74, 6) is -1.06. The molecule has 0 saturated heterocycles. The molecule has 0 fully saturated rings. The van der Waals surface area contributed by atoms with E-state index in [4.69, 9.17) is 15.6 Å². The smallest absolute Gasteiger partial charge is 0.339 e. The number of carbonyl (C=O) groups excluding carboxylic acids is 1. The normalized spacial score (nSPS) is 10.5. The number of carbonyl (C=O) groups is 2. The molecule has 0 aliphatic rings. The number of aromatic carboxylic acids is 1. The Morgan fingerprint density at radius 1 is 1.37 bits per heavy atom. The Bertz CT molecular complexity index is 469. The highest BCUT2D eigenvalue weighted by Crippen LogP contribution is 2.22. The van der Waals surface area contributed by atoms with Gasteiger partial charge in [-0.2, -0.15) is 0 Å². The number of hydrogen-bond donors (Lipinski definition) is 2. The molecule has 0 bridgehead atoms. The van der Waals surface area contributed by atoms with Gasteiger partial charge in [0.25, 0.3) is 0 Å². The molecular formula is C14H19NO4. The Morgan fingerprint density at radius 3 is 2.63 bits per heavy atom. The number of nitrogens with two attached hydrogens (primary N) is 1. The fourth-order valence-corrected chi connectivity index (χ4v) is 1.63. The van der Waals surface area contributed by atoms with Crippen LogP contribution in [-0.2, 0) is 4.79 Å². The van der Waals surface area contributed by atoms with Crippen LogP contribution in [-0.4, -0.2) is 17.0 Å². The second-order valence-corrected chi connectivity index (χ2v) is 4.82. The van der Waals surface area contributed by atoms with Crippen molar-refractivity contribution in [2.24, 2.45) is 5.92 Å². The molecule has 3 N–H and O–H groups in total. The molecule has 1 rings (SSSR count). The monoisotopic (exact) mass is 265 g/mol. The van der Waals surface area contributed by atoms with Crippen LogP contribution in [0, 0.1) is 5.92 Å². The van der Waals surface area contributed by atoms with Gasteiger partial charge in [0, 0.05) is 18.2 Å². The standard InChI is InChI=1S/C14H19NO4/c1-9(2)4-3-5-13(16)19-12-8-10(15)6-7-11(12)14(17)18/h6-9H,3-5,15H2,1-2H3,(H,17,18). The van der Waals surface area contributed by atoms with Gasteiger partial charge in [0.05, 0.1) is 0 Å². The van der Waals surface area contributed by atoms with Gasteiger partial charge in [0.15, 0.2) is 0 Å². The molecule has 0 spiro atoms. The first-order valence-electron chi connectivity index (χ1n) is 6.23. The van der Waals surface area contributed by atoms with Crippen molar-refractivity contribution in [1.29, 1.82) is 0 Å². The minimum Gasteiger partial charge on any atom is -0.478 e. The maximum atomic E-state index is 11.6. The summed E-state index contributed by atoms with van der Waals surface area (Å²) in [5.41, 5.74) is 5.85. The van der Waals surface area contributed by atoms with Crippen LogP contribution in [0.3, 0.4) is 0 Å². The van der Waals surface area contributed by atoms with Gasteiger partial charge >= 0.3 is 11.9 Å². The largest absolute Gasteiger partial charge is 0.478 e. The summed E-state index contributed by atoms with van der Waals surface area (Å²) in [7, 11) is 0. The first kappa shape index (κ1) is 15.0. The fraction of sp³-hybridized carbons (Fsp3) is 0.429. The number of rotatable bonds is 6. The van der Waals surface area contributed by atoms with E-state index in [1.54, 1.807) is 0 Å². The quantitative estimate of drug-likeness (QED) is 0.469. The molecule has 0 heterocycles. The number of esters is 1. The van der Waals surface area contributed by atoms with Gasteiger partial charge in [0.2, 0.25) is 0 Å². The third-order valence-corrected chi connectivity index (χ3v) is 2.62. The zero-order valence-electron chi connectivity index (χ0n) is 11.2. The molecule has 1 aromatic carbocycles. The Morgan fingerprint density at radius 2 is 2.05 bits per heavy atom. The predicted molar refractivity (Wildman–Crippen MR) is 72.1 cm³/mol. The first-order chi connectivity index (χ1) is 8.90. The maximum absolute atomic E-state index is 11.6. The van der Waals surface area contributed by atoms with E-state index in [-0.39, 0.29) is 17.7 Å². The molecule has 0 radical (unpaired) electrons. The van der Waals surface area contributed by atoms with Crippen molar-refractivity contribution < 1.29 is 19.4 Å². The Labute approximate surface area is 112 Å². The molecule has 0 aliphatic carbocycles. The van der Waals surface area contributed by atoms with E-state index < -0.39 is 11.9 Å². The second kappa shape index (κ2) is 6.78. The van der Waals surface area contributed by atoms with Crippen LogP contribution in [0.2, 0.25) is 0 Å². The van der Waals surface area contributed by atoms with Crippen molar-refractivity contribution in [2.75, 3.05) is 5.73 Å². The summed E-state index contributed by atoms with van der Waals surface area (Å²) in [6.07, 6.45) is 1.92. The van der Waals surface area contributed by atoms with E-state index >= 15 is 0 Å². The summed E-state index contributed by atoms with van der Waals surface area (Å²) >= 11 is 0. The molecule has 0 saturated carbocycles. The molecule has 19 heavy (non-hydrogen) atoms. The van der Waals surface area contributed by atoms with Crippen LogP contribution in [0.25, 0.3) is 0 Å². The Balaban J connectivity index is 2.67. The van der Waals surface area contributed by atoms with Gasteiger partial charge in [0.1, 0.15) is 11.3 Å². The average molecular weight is 265 g/mol. The van der Waals surface area contributed by atoms with Crippen molar-refractivity contribution >= 4 is 17.6 Å². The van der Waals surface area contributed by atoms with Crippen molar-refractivity contribution in [3.05, 3.63) is 23.8 Å². The lowest BCUT2D eigenvalue weighted by molar-refractivity contribution is -0.134. The number of hydrogen-bond acceptors (Lipinski definition) is 4. The molecule has 5 nitrogen and oxygen atoms in total. The third-order valence-electron chi connectivity index (χ3n) is 2.62. The van der Waals surface area contributed by atoms with Crippen LogP contribution >= 0.6 is 0 Å². The van der Waals surface area contributed by atoms with E-state index in [9.17, 15) is 9.59 Å². The fourth-order valence-electron chi connectivity index (χ4n) is 1.63. The van der Waals surface area contributed by atoms with Gasteiger partial charge in [-0.15, -0.1) is 0 Å². The van der Waals surface area contributed by atoms with Crippen molar-refractivity contribution in [1.82, 2.24) is 0 Å². The van der Waals surface area contributed by atoms with Crippen molar-refractivity contribution in [3.8, 4) is 5.75 Å². The maximum Gasteiger partial charge on any atom is 0.339 e. The molecule has 1 aromatic rings. The molecule has 104 valence electrons. The summed E-state index contributed by atoms with van der Waals surface area (Å²) in [6.45, 7) is 4.15. The highest BCUT2D eigenvalue weighted by molar-refractivity contribution is 5.92. The van der Waals surface area contributed by atoms with Gasteiger partial charge in [-0.1, -0.05) is 20.3 Å². The number of carboxylic acids is 1. The Hall–Kier alpha value is -2.04. The van der Waals surface area contributed by atoms with Gasteiger partial charge in [-0.3, -0.25) is 4.79 Å². The molecule has 0 amide bonds. The minimum absolute atomic E-state index is 0.00190. The third kappa shape index (κ3) is 4.99. The number of anilines is 1. The minimum atomic E-state index is -1.15. The summed E-state index contributed by atoms with van der Waals surface area (Å²) in [4.78, 5) is 22.6. The number of benzene rings is 1. The van der Waals surface area contributed by atoms with Gasteiger partial charge in [-0.25, -0.2) is 4.79 Å². The lowest BCUT2D eigenvalue weighted by atomic mass is 10.1. The molecule has 0 unspecified atom stereocenters. The highest BCUT2D eigenvalue weighted by Gasteiger charge is 2.14. The number of ether oxygens (including phenoxy) is 1. The van der Waals surface area contributed by atoms with Crippen LogP contribution < -0.4 is 10.5 Å². The van der Waals surface area contributed by atoms with Crippen molar-refractivity contribution in [3.63, 3.8) is 0 Å². The molecular weight excluding hydrogens is 246 g/mol. The summed E-state index contributed by atoms with van der Waals surface area (Å²) in [6, 6.07) is 4.14. The highest BCUT2D eigenvalue weighted by atomic mass is 16.5. The van der Waals surface area contributed by atoms with E-state index in [2.05, 4.69) is 13.8 Å². The predicted octanol–water partition coefficient (Wildman–Crippen LogP) is 2.70. The zero-order valence-corrected chi connectivity index (χ0v) is 11.2. The van der Waals surface area contributed by atoms with E-state index in [0.717, 1.165) is 12.8 Å². The summed E-state index contributed by atoms with van der Waals surface area (Å²) in [5, 5.41) is 8.99. The molecule has 0 aliphatic heterocycles. The van der Waals surface area contributed by atoms with Crippen molar-refractivity contribution in [2.45, 2.75) is 33.1 Å². The lowest BCUT2D eigenvalue weighted by Crippen LogP contribution is -2.11. The topological polar surface area (TPSA) is 89.6 Å². The summed E-state index contributed by atoms with van der Waals surface area (Å²) < 4.78 is 5.07. The van der Waals surface area contributed by atoms with Crippen LogP contribution in [0.4, 0.5) is 5.69 Å². The Kier molecular flexibility index (Phi) is 5.36. The molecule has 0 aromatic heterocycles. The lowest BCUT2D eigenvalue weighted by Gasteiger charge is -2.09. The van der Waals surface area contributed by atoms with Crippen LogP contribution in [0.15, 0.2) is 18.2 Å². The average Bonchev–Trinajstić information content (AvgIpc) is 2.27. The SMILES string of the molecule is CC(C)CCCC(=O)Oc1cc(N)ccc1C(=O)O.